The molecule has 0 radical (unpaired) electrons. The zero-order valence-electron chi connectivity index (χ0n) is 49.4. The van der Waals surface area contributed by atoms with Gasteiger partial charge in [-0.25, -0.2) is 0 Å². The van der Waals surface area contributed by atoms with Crippen LogP contribution in [0.25, 0.3) is 0 Å². The molecule has 0 atom stereocenters. The van der Waals surface area contributed by atoms with Gasteiger partial charge in [0.25, 0.3) is 0 Å². The topological polar surface area (TPSA) is 199 Å². The molecule has 0 fully saturated rings. The smallest absolute Gasteiger partial charge is 0.128 e. The van der Waals surface area contributed by atoms with E-state index in [1.165, 1.54) is 0 Å². The lowest BCUT2D eigenvalue weighted by Gasteiger charge is -2.33. The molecule has 440 valence electrons. The van der Waals surface area contributed by atoms with Crippen molar-refractivity contribution in [1.82, 2.24) is 0 Å². The molecule has 0 saturated carbocycles. The minimum Gasteiger partial charge on any atom is -0.507 e. The zero-order valence-corrected chi connectivity index (χ0v) is 49.4. The lowest BCUT2D eigenvalue weighted by molar-refractivity contribution is 0.115. The van der Waals surface area contributed by atoms with Gasteiger partial charge in [-0.15, -0.1) is 26.3 Å². The van der Waals surface area contributed by atoms with Crippen molar-refractivity contribution in [3.05, 3.63) is 142 Å². The maximum Gasteiger partial charge on any atom is 0.128 e. The highest BCUT2D eigenvalue weighted by Crippen LogP contribution is 2.56. The van der Waals surface area contributed by atoms with E-state index < -0.39 is 23.7 Å². The number of fused-ring (bicyclic) bond motifs is 8. The quantitative estimate of drug-likeness (QED) is 0.0170. The van der Waals surface area contributed by atoms with Crippen LogP contribution in [-0.4, -0.2) is 67.3 Å². The molecule has 1 aliphatic carbocycles. The number of aromatic hydroxyl groups is 8. The van der Waals surface area contributed by atoms with Crippen LogP contribution >= 0.6 is 0 Å². The molecule has 8 bridgehead atoms. The molecule has 8 N–H and O–H groups in total. The molecule has 0 aliphatic heterocycles. The Morgan fingerprint density at radius 3 is 0.625 bits per heavy atom. The number of hydrogen-bond donors (Lipinski definition) is 8. The third-order valence-corrected chi connectivity index (χ3v) is 15.3. The van der Waals surface area contributed by atoms with Gasteiger partial charge in [-0.2, -0.15) is 0 Å². The molecule has 0 aromatic heterocycles. The molecule has 12 heteroatoms. The summed E-state index contributed by atoms with van der Waals surface area (Å²) in [7, 11) is 0. The molecule has 4 aromatic carbocycles. The van der Waals surface area contributed by atoms with E-state index in [0.29, 0.717) is 148 Å². The van der Waals surface area contributed by atoms with Gasteiger partial charge in [0.1, 0.15) is 46.0 Å². The average Bonchev–Trinajstić information content (AvgIpc) is 3.39. The third-order valence-electron chi connectivity index (χ3n) is 15.3. The van der Waals surface area contributed by atoms with Crippen LogP contribution in [0.5, 0.6) is 46.0 Å². The highest BCUT2D eigenvalue weighted by molar-refractivity contribution is 5.67. The summed E-state index contributed by atoms with van der Waals surface area (Å²) in [5.41, 5.74) is 3.60. The fourth-order valence-electron chi connectivity index (χ4n) is 11.3. The molecule has 0 saturated heterocycles. The van der Waals surface area contributed by atoms with Crippen molar-refractivity contribution >= 4 is 0 Å². The molecule has 4 aromatic rings. The maximum absolute atomic E-state index is 12.9. The summed E-state index contributed by atoms with van der Waals surface area (Å²) in [5.74, 6) is -5.09. The molecule has 80 heavy (non-hydrogen) atoms. The Morgan fingerprint density at radius 2 is 0.487 bits per heavy atom. The Kier molecular flexibility index (Phi) is 25.4. The zero-order chi connectivity index (χ0) is 58.8. The predicted octanol–water partition coefficient (Wildman–Crippen LogP) is 16.3. The van der Waals surface area contributed by atoms with Crippen LogP contribution in [0.15, 0.2) is 74.9 Å². The van der Waals surface area contributed by atoms with Crippen LogP contribution in [0.4, 0.5) is 0 Å². The molecule has 0 heterocycles. The SMILES string of the molecule is C=CCCCOCc1c(O)c2cc(c1O)C(CC(C)C)c1cc(c(O)c(COCCCC=C)c1O)C(CC(C)C)c1cc(c(O)c(COCCCC=C)c1O)C(CC(C)C)c1cc(c(O)c(COCCCC=C)c1O)C2CC(C)C. The van der Waals surface area contributed by atoms with Crippen molar-refractivity contribution in [3.63, 3.8) is 0 Å². The number of unbranched alkanes of at least 4 members (excludes halogenated alkanes) is 4. The highest BCUT2D eigenvalue weighted by atomic mass is 16.5. The first-order valence-electron chi connectivity index (χ1n) is 29.3. The number of ether oxygens (including phenoxy) is 4. The largest absolute Gasteiger partial charge is 0.507 e. The van der Waals surface area contributed by atoms with Gasteiger partial charge in [0.2, 0.25) is 0 Å². The van der Waals surface area contributed by atoms with Crippen LogP contribution in [0.1, 0.15) is 223 Å². The van der Waals surface area contributed by atoms with Crippen molar-refractivity contribution in [2.75, 3.05) is 26.4 Å². The summed E-state index contributed by atoms with van der Waals surface area (Å²) in [6, 6.07) is 7.13. The van der Waals surface area contributed by atoms with Gasteiger partial charge in [-0.05, 0) is 125 Å². The minimum absolute atomic E-state index is 0.0394. The fourth-order valence-corrected chi connectivity index (χ4v) is 11.3. The molecule has 0 spiro atoms. The second-order valence-corrected chi connectivity index (χ2v) is 23.6. The van der Waals surface area contributed by atoms with Crippen LogP contribution in [-0.2, 0) is 45.4 Å². The van der Waals surface area contributed by atoms with Gasteiger partial charge in [0, 0.05) is 94.6 Å². The number of hydrogen-bond acceptors (Lipinski definition) is 12. The Balaban J connectivity index is 2.12. The summed E-state index contributed by atoms with van der Waals surface area (Å²) in [6.07, 6.45) is 14.1. The van der Waals surface area contributed by atoms with E-state index >= 15 is 0 Å². The van der Waals surface area contributed by atoms with E-state index in [2.05, 4.69) is 26.3 Å². The second kappa shape index (κ2) is 31.3. The lowest BCUT2D eigenvalue weighted by Crippen LogP contribution is -2.16. The number of phenols is 8. The molecule has 0 unspecified atom stereocenters. The molecular formula is C68H96O12. The van der Waals surface area contributed by atoms with Crippen LogP contribution in [0, 0.1) is 23.7 Å². The summed E-state index contributed by atoms with van der Waals surface area (Å²) < 4.78 is 25.0. The van der Waals surface area contributed by atoms with Crippen LogP contribution in [0.3, 0.4) is 0 Å². The van der Waals surface area contributed by atoms with E-state index in [-0.39, 0.29) is 118 Å². The van der Waals surface area contributed by atoms with Crippen molar-refractivity contribution in [2.24, 2.45) is 23.7 Å². The minimum atomic E-state index is -0.789. The maximum atomic E-state index is 12.9. The Bertz CT molecular complexity index is 2220. The van der Waals surface area contributed by atoms with E-state index in [0.717, 1.165) is 0 Å². The predicted molar refractivity (Wildman–Crippen MR) is 321 cm³/mol. The normalized spacial score (nSPS) is 16.2. The Morgan fingerprint density at radius 1 is 0.325 bits per heavy atom. The Labute approximate surface area is 478 Å². The molecule has 12 nitrogen and oxygen atoms in total. The summed E-state index contributed by atoms with van der Waals surface area (Å²) in [6.45, 7) is 32.3. The van der Waals surface area contributed by atoms with Gasteiger partial charge < -0.3 is 59.8 Å². The van der Waals surface area contributed by atoms with Gasteiger partial charge in [-0.3, -0.25) is 0 Å². The summed E-state index contributed by atoms with van der Waals surface area (Å²) in [4.78, 5) is 0. The average molecular weight is 1110 g/mol. The number of phenolic OH excluding ortho intramolecular Hbond substituents is 8. The van der Waals surface area contributed by atoms with E-state index in [9.17, 15) is 40.9 Å². The van der Waals surface area contributed by atoms with Gasteiger partial charge >= 0.3 is 0 Å². The fraction of sp³-hybridized carbons (Fsp3) is 0.529. The monoisotopic (exact) mass is 1100 g/mol. The van der Waals surface area contributed by atoms with E-state index in [4.69, 9.17) is 18.9 Å². The lowest BCUT2D eigenvalue weighted by atomic mass is 9.73. The van der Waals surface area contributed by atoms with Crippen molar-refractivity contribution in [2.45, 2.75) is 183 Å². The first-order chi connectivity index (χ1) is 38.2. The standard InChI is InChI=1S/C68H96O12/c1-13-17-21-25-77-37-57-61(69)49-33-50(62(57)70)46(30-42(7)8)52-35-54(66(74)59(64(52)72)39-79-27-23-19-15-3)48(32-44(11)12)56-36-55(67(75)60(68(56)76)40-80-28-24-20-16-4)47(31-43(9)10)53-34-51(45(49)29-41(5)6)63(71)58(65(53)73)38-78-26-22-18-14-2/h13-16,33-36,41-48,69-76H,1-4,17-32,37-40H2,5-12H3. The molecular weight excluding hydrogens is 1010 g/mol. The summed E-state index contributed by atoms with van der Waals surface area (Å²) >= 11 is 0. The van der Waals surface area contributed by atoms with Crippen LogP contribution < -0.4 is 0 Å². The second-order valence-electron chi connectivity index (χ2n) is 23.6. The van der Waals surface area contributed by atoms with Crippen LogP contribution in [0.2, 0.25) is 0 Å². The molecule has 0 amide bonds. The van der Waals surface area contributed by atoms with Gasteiger partial charge in [0.15, 0.2) is 0 Å². The van der Waals surface area contributed by atoms with Crippen molar-refractivity contribution < 1.29 is 59.8 Å². The van der Waals surface area contributed by atoms with Gasteiger partial charge in [0.05, 0.1) is 48.7 Å². The van der Waals surface area contributed by atoms with Crippen molar-refractivity contribution in [3.8, 4) is 46.0 Å². The van der Waals surface area contributed by atoms with E-state index in [1.807, 2.05) is 55.4 Å². The summed E-state index contributed by atoms with van der Waals surface area (Å²) in [5, 5.41) is 103. The number of allylic oxidation sites excluding steroid dienone is 4. The number of benzene rings is 4. The van der Waals surface area contributed by atoms with Crippen molar-refractivity contribution in [1.29, 1.82) is 0 Å². The first kappa shape index (κ1) is 64.9. The van der Waals surface area contributed by atoms with E-state index in [1.54, 1.807) is 48.6 Å². The highest BCUT2D eigenvalue weighted by Gasteiger charge is 2.38. The van der Waals surface area contributed by atoms with Gasteiger partial charge in [-0.1, -0.05) is 79.7 Å². The number of rotatable bonds is 32. The molecule has 5 rings (SSSR count). The molecule has 1 aliphatic rings. The first-order valence-corrected chi connectivity index (χ1v) is 29.3. The Hall–Kier alpha value is -5.92. The third kappa shape index (κ3) is 16.2.